The monoisotopic (exact) mass is 349 g/mol. The molecule has 0 saturated heterocycles. The van der Waals surface area contributed by atoms with Crippen LogP contribution in [0.15, 0.2) is 36.4 Å². The molecule has 0 aliphatic rings. The molecule has 24 heavy (non-hydrogen) atoms. The Morgan fingerprint density at radius 3 is 2.29 bits per heavy atom. The van der Waals surface area contributed by atoms with Gasteiger partial charge in [0.1, 0.15) is 17.2 Å². The van der Waals surface area contributed by atoms with Crippen LogP contribution in [0.5, 0.6) is 17.2 Å². The average Bonchev–Trinajstić information content (AvgIpc) is 2.58. The van der Waals surface area contributed by atoms with E-state index >= 15 is 0 Å². The van der Waals surface area contributed by atoms with Gasteiger partial charge in [-0.05, 0) is 49.7 Å². The summed E-state index contributed by atoms with van der Waals surface area (Å²) in [6.07, 6.45) is -0.681. The highest BCUT2D eigenvalue weighted by Crippen LogP contribution is 2.31. The number of benzene rings is 2. The maximum atomic E-state index is 12.4. The van der Waals surface area contributed by atoms with Crippen LogP contribution < -0.4 is 19.5 Å². The molecule has 0 fully saturated rings. The standard InChI is InChI=1S/C18H20ClNO4/c1-11-9-16(17(23-4)10-15(11)19)20-18(21)12(2)24-14-7-5-13(22-3)6-8-14/h5-10,12H,1-4H3,(H,20,21)/t12-/m1/s1. The number of carbonyl (C=O) groups is 1. The summed E-state index contributed by atoms with van der Waals surface area (Å²) >= 11 is 6.07. The van der Waals surface area contributed by atoms with Gasteiger partial charge in [0.2, 0.25) is 0 Å². The molecular formula is C18H20ClNO4. The second kappa shape index (κ2) is 7.93. The van der Waals surface area contributed by atoms with Crippen LogP contribution in [0.2, 0.25) is 5.02 Å². The van der Waals surface area contributed by atoms with E-state index in [-0.39, 0.29) is 5.91 Å². The summed E-state index contributed by atoms with van der Waals surface area (Å²) in [6, 6.07) is 10.5. The quantitative estimate of drug-likeness (QED) is 0.854. The summed E-state index contributed by atoms with van der Waals surface area (Å²) in [5.74, 6) is 1.51. The third-order valence-electron chi connectivity index (χ3n) is 3.48. The van der Waals surface area contributed by atoms with Crippen molar-refractivity contribution < 1.29 is 19.0 Å². The van der Waals surface area contributed by atoms with Crippen LogP contribution in [-0.4, -0.2) is 26.2 Å². The molecule has 2 aromatic rings. The Morgan fingerprint density at radius 2 is 1.71 bits per heavy atom. The summed E-state index contributed by atoms with van der Waals surface area (Å²) in [7, 11) is 3.11. The minimum absolute atomic E-state index is 0.286. The van der Waals surface area contributed by atoms with Gasteiger partial charge in [-0.15, -0.1) is 0 Å². The molecule has 2 aromatic carbocycles. The van der Waals surface area contributed by atoms with E-state index in [1.165, 1.54) is 7.11 Å². The number of anilines is 1. The zero-order valence-electron chi connectivity index (χ0n) is 14.1. The number of nitrogens with one attached hydrogen (secondary N) is 1. The Labute approximate surface area is 146 Å². The molecule has 1 atom stereocenters. The topological polar surface area (TPSA) is 56.8 Å². The Hall–Kier alpha value is -2.40. The highest BCUT2D eigenvalue weighted by atomic mass is 35.5. The Bertz CT molecular complexity index is 716. The van der Waals surface area contributed by atoms with E-state index in [1.807, 2.05) is 6.92 Å². The third-order valence-corrected chi connectivity index (χ3v) is 3.89. The van der Waals surface area contributed by atoms with E-state index in [1.54, 1.807) is 50.4 Å². The van der Waals surface area contributed by atoms with Crippen LogP contribution in [0.1, 0.15) is 12.5 Å². The molecule has 0 unspecified atom stereocenters. The van der Waals surface area contributed by atoms with E-state index in [4.69, 9.17) is 25.8 Å². The van der Waals surface area contributed by atoms with Crippen molar-refractivity contribution in [3.63, 3.8) is 0 Å². The van der Waals surface area contributed by atoms with Crippen molar-refractivity contribution in [2.75, 3.05) is 19.5 Å². The van der Waals surface area contributed by atoms with Crippen molar-refractivity contribution in [3.05, 3.63) is 47.0 Å². The Kier molecular flexibility index (Phi) is 5.93. The third kappa shape index (κ3) is 4.32. The number of hydrogen-bond donors (Lipinski definition) is 1. The van der Waals surface area contributed by atoms with E-state index in [9.17, 15) is 4.79 Å². The van der Waals surface area contributed by atoms with Crippen LogP contribution in [0, 0.1) is 6.92 Å². The molecule has 1 N–H and O–H groups in total. The van der Waals surface area contributed by atoms with Gasteiger partial charge in [-0.3, -0.25) is 4.79 Å². The predicted octanol–water partition coefficient (Wildman–Crippen LogP) is 4.07. The van der Waals surface area contributed by atoms with Gasteiger partial charge in [0.25, 0.3) is 5.91 Å². The van der Waals surface area contributed by atoms with Crippen LogP contribution in [-0.2, 0) is 4.79 Å². The van der Waals surface area contributed by atoms with Crippen LogP contribution in [0.3, 0.4) is 0 Å². The van der Waals surface area contributed by atoms with Crippen molar-refractivity contribution in [1.29, 1.82) is 0 Å². The molecule has 0 radical (unpaired) electrons. The van der Waals surface area contributed by atoms with Crippen LogP contribution in [0.4, 0.5) is 5.69 Å². The zero-order valence-corrected chi connectivity index (χ0v) is 14.8. The van der Waals surface area contributed by atoms with E-state index in [0.717, 1.165) is 11.3 Å². The summed E-state index contributed by atoms with van der Waals surface area (Å²) < 4.78 is 16.0. The number of halogens is 1. The molecule has 5 nitrogen and oxygen atoms in total. The average molecular weight is 350 g/mol. The number of methoxy groups -OCH3 is 2. The molecule has 0 saturated carbocycles. The van der Waals surface area contributed by atoms with Crippen molar-refractivity contribution in [1.82, 2.24) is 0 Å². The van der Waals surface area contributed by atoms with E-state index in [0.29, 0.717) is 22.2 Å². The first-order chi connectivity index (χ1) is 11.4. The van der Waals surface area contributed by atoms with Crippen molar-refractivity contribution in [2.45, 2.75) is 20.0 Å². The first kappa shape index (κ1) is 17.9. The molecular weight excluding hydrogens is 330 g/mol. The van der Waals surface area contributed by atoms with Gasteiger partial charge in [0.05, 0.1) is 19.9 Å². The first-order valence-corrected chi connectivity index (χ1v) is 7.78. The number of aryl methyl sites for hydroxylation is 1. The molecule has 0 aliphatic heterocycles. The molecule has 0 aliphatic carbocycles. The van der Waals surface area contributed by atoms with Gasteiger partial charge >= 0.3 is 0 Å². The van der Waals surface area contributed by atoms with Crippen LogP contribution in [0.25, 0.3) is 0 Å². The first-order valence-electron chi connectivity index (χ1n) is 7.40. The number of amides is 1. The molecule has 0 aromatic heterocycles. The second-order valence-electron chi connectivity index (χ2n) is 5.23. The maximum absolute atomic E-state index is 12.4. The predicted molar refractivity (Wildman–Crippen MR) is 94.5 cm³/mol. The number of ether oxygens (including phenoxy) is 3. The van der Waals surface area contributed by atoms with Crippen LogP contribution >= 0.6 is 11.6 Å². The fourth-order valence-electron chi connectivity index (χ4n) is 2.08. The van der Waals surface area contributed by atoms with Crippen molar-refractivity contribution in [2.24, 2.45) is 0 Å². The number of rotatable bonds is 6. The van der Waals surface area contributed by atoms with Gasteiger partial charge in [0.15, 0.2) is 6.10 Å². The van der Waals surface area contributed by atoms with Gasteiger partial charge < -0.3 is 19.5 Å². The smallest absolute Gasteiger partial charge is 0.265 e. The molecule has 0 heterocycles. The largest absolute Gasteiger partial charge is 0.497 e. The fourth-order valence-corrected chi connectivity index (χ4v) is 2.23. The zero-order chi connectivity index (χ0) is 17.7. The highest BCUT2D eigenvalue weighted by Gasteiger charge is 2.17. The summed E-state index contributed by atoms with van der Waals surface area (Å²) in [5.41, 5.74) is 1.39. The summed E-state index contributed by atoms with van der Waals surface area (Å²) in [6.45, 7) is 3.53. The summed E-state index contributed by atoms with van der Waals surface area (Å²) in [5, 5.41) is 3.38. The van der Waals surface area contributed by atoms with Gasteiger partial charge in [0, 0.05) is 11.1 Å². The minimum atomic E-state index is -0.681. The van der Waals surface area contributed by atoms with E-state index in [2.05, 4.69) is 5.32 Å². The Morgan fingerprint density at radius 1 is 1.08 bits per heavy atom. The number of hydrogen-bond acceptors (Lipinski definition) is 4. The molecule has 6 heteroatoms. The number of carbonyl (C=O) groups excluding carboxylic acids is 1. The van der Waals surface area contributed by atoms with E-state index < -0.39 is 6.10 Å². The molecule has 1 amide bonds. The van der Waals surface area contributed by atoms with Crippen molar-refractivity contribution in [3.8, 4) is 17.2 Å². The highest BCUT2D eigenvalue weighted by molar-refractivity contribution is 6.31. The maximum Gasteiger partial charge on any atom is 0.265 e. The van der Waals surface area contributed by atoms with Gasteiger partial charge in [-0.1, -0.05) is 11.6 Å². The molecule has 0 spiro atoms. The fraction of sp³-hybridized carbons (Fsp3) is 0.278. The lowest BCUT2D eigenvalue weighted by atomic mass is 10.2. The lowest BCUT2D eigenvalue weighted by Gasteiger charge is -2.17. The second-order valence-corrected chi connectivity index (χ2v) is 5.63. The lowest BCUT2D eigenvalue weighted by Crippen LogP contribution is -2.30. The lowest BCUT2D eigenvalue weighted by molar-refractivity contribution is -0.122. The normalized spacial score (nSPS) is 11.5. The van der Waals surface area contributed by atoms with Gasteiger partial charge in [-0.25, -0.2) is 0 Å². The Balaban J connectivity index is 2.07. The minimum Gasteiger partial charge on any atom is -0.497 e. The molecule has 0 bridgehead atoms. The SMILES string of the molecule is COc1ccc(O[C@H](C)C(=O)Nc2cc(C)c(Cl)cc2OC)cc1. The molecule has 128 valence electrons. The van der Waals surface area contributed by atoms with Gasteiger partial charge in [-0.2, -0.15) is 0 Å². The summed E-state index contributed by atoms with van der Waals surface area (Å²) in [4.78, 5) is 12.4. The van der Waals surface area contributed by atoms with Crippen molar-refractivity contribution >= 4 is 23.2 Å². The molecule has 2 rings (SSSR count).